The number of anilines is 1. The summed E-state index contributed by atoms with van der Waals surface area (Å²) in [6, 6.07) is 3.55. The van der Waals surface area contributed by atoms with Crippen LogP contribution < -0.4 is 5.32 Å². The summed E-state index contributed by atoms with van der Waals surface area (Å²) in [6.07, 6.45) is 2.57. The first-order chi connectivity index (χ1) is 7.61. The lowest BCUT2D eigenvalue weighted by Gasteiger charge is -2.20. The quantitative estimate of drug-likeness (QED) is 0.753. The lowest BCUT2D eigenvalue weighted by molar-refractivity contribution is 0.273. The molecule has 0 bridgehead atoms. The number of nitrogens with one attached hydrogen (secondary N) is 1. The Morgan fingerprint density at radius 2 is 2.25 bits per heavy atom. The van der Waals surface area contributed by atoms with E-state index in [0.717, 1.165) is 19.5 Å². The molecule has 0 saturated heterocycles. The van der Waals surface area contributed by atoms with Crippen molar-refractivity contribution in [2.24, 2.45) is 0 Å². The summed E-state index contributed by atoms with van der Waals surface area (Å²) in [4.78, 5) is 6.19. The van der Waals surface area contributed by atoms with E-state index in [4.69, 9.17) is 0 Å². The van der Waals surface area contributed by atoms with Gasteiger partial charge in [-0.2, -0.15) is 0 Å². The van der Waals surface area contributed by atoms with Gasteiger partial charge in [-0.3, -0.25) is 0 Å². The number of pyridine rings is 1. The third kappa shape index (κ3) is 4.14. The van der Waals surface area contributed by atoms with Crippen molar-refractivity contribution in [1.29, 1.82) is 0 Å². The molecule has 1 aromatic rings. The van der Waals surface area contributed by atoms with E-state index >= 15 is 0 Å². The molecule has 0 atom stereocenters. The van der Waals surface area contributed by atoms with Crippen LogP contribution in [0.3, 0.4) is 0 Å². The van der Waals surface area contributed by atoms with Gasteiger partial charge in [0.05, 0.1) is 0 Å². The Kier molecular flexibility index (Phi) is 5.19. The van der Waals surface area contributed by atoms with Crippen molar-refractivity contribution in [1.82, 2.24) is 9.88 Å². The number of halogens is 1. The highest BCUT2D eigenvalue weighted by Gasteiger charge is 2.03. The monoisotopic (exact) mass is 225 g/mol. The molecule has 1 rings (SSSR count). The van der Waals surface area contributed by atoms with Crippen LogP contribution in [0.1, 0.15) is 20.3 Å². The van der Waals surface area contributed by atoms with E-state index in [2.05, 4.69) is 36.1 Å². The molecule has 1 N–H and O–H groups in total. The summed E-state index contributed by atoms with van der Waals surface area (Å²) >= 11 is 0. The number of rotatable bonds is 6. The van der Waals surface area contributed by atoms with E-state index in [1.807, 2.05) is 0 Å². The predicted molar refractivity (Wildman–Crippen MR) is 65.1 cm³/mol. The van der Waals surface area contributed by atoms with Crippen molar-refractivity contribution in [3.8, 4) is 0 Å². The van der Waals surface area contributed by atoms with Gasteiger partial charge in [0.15, 0.2) is 11.6 Å². The summed E-state index contributed by atoms with van der Waals surface area (Å²) in [5, 5.41) is 2.99. The number of hydrogen-bond acceptors (Lipinski definition) is 3. The molecular weight excluding hydrogens is 205 g/mol. The van der Waals surface area contributed by atoms with Gasteiger partial charge in [0.2, 0.25) is 0 Å². The molecule has 0 radical (unpaired) electrons. The van der Waals surface area contributed by atoms with Crippen LogP contribution in [0.4, 0.5) is 10.2 Å². The molecule has 3 nitrogen and oxygen atoms in total. The zero-order valence-electron chi connectivity index (χ0n) is 10.2. The lowest BCUT2D eigenvalue weighted by Crippen LogP contribution is -2.28. The Bertz CT molecular complexity index is 315. The highest BCUT2D eigenvalue weighted by atomic mass is 19.1. The molecule has 16 heavy (non-hydrogen) atoms. The summed E-state index contributed by atoms with van der Waals surface area (Å²) in [7, 11) is 2.09. The van der Waals surface area contributed by atoms with Gasteiger partial charge >= 0.3 is 0 Å². The van der Waals surface area contributed by atoms with E-state index in [1.54, 1.807) is 12.3 Å². The SMILES string of the molecule is CC(C)N(C)CCCNc1ncccc1F. The predicted octanol–water partition coefficient (Wildman–Crippen LogP) is 2.36. The Hall–Kier alpha value is -1.16. The van der Waals surface area contributed by atoms with E-state index in [9.17, 15) is 4.39 Å². The van der Waals surface area contributed by atoms with Crippen molar-refractivity contribution < 1.29 is 4.39 Å². The Morgan fingerprint density at radius 1 is 1.50 bits per heavy atom. The third-order valence-corrected chi connectivity index (χ3v) is 2.62. The van der Waals surface area contributed by atoms with E-state index in [0.29, 0.717) is 11.9 Å². The zero-order valence-corrected chi connectivity index (χ0v) is 10.2. The van der Waals surface area contributed by atoms with Crippen LogP contribution in [0.15, 0.2) is 18.3 Å². The molecule has 1 heterocycles. The van der Waals surface area contributed by atoms with Crippen LogP contribution in [-0.2, 0) is 0 Å². The van der Waals surface area contributed by atoms with Crippen molar-refractivity contribution in [2.75, 3.05) is 25.5 Å². The van der Waals surface area contributed by atoms with Gasteiger partial charge in [0.25, 0.3) is 0 Å². The highest BCUT2D eigenvalue weighted by Crippen LogP contribution is 2.08. The molecule has 0 aromatic carbocycles. The second-order valence-corrected chi connectivity index (χ2v) is 4.19. The summed E-state index contributed by atoms with van der Waals surface area (Å²) in [5.41, 5.74) is 0. The molecule has 0 fully saturated rings. The maximum atomic E-state index is 13.2. The number of nitrogens with zero attached hydrogens (tertiary/aromatic N) is 2. The van der Waals surface area contributed by atoms with Gasteiger partial charge in [0.1, 0.15) is 0 Å². The van der Waals surface area contributed by atoms with Crippen LogP contribution in [0, 0.1) is 5.82 Å². The Labute approximate surface area is 96.7 Å². The van der Waals surface area contributed by atoms with Gasteiger partial charge < -0.3 is 10.2 Å². The molecule has 1 aromatic heterocycles. The van der Waals surface area contributed by atoms with Gasteiger partial charge in [-0.25, -0.2) is 9.37 Å². The average molecular weight is 225 g/mol. The Balaban J connectivity index is 2.24. The van der Waals surface area contributed by atoms with Gasteiger partial charge in [0, 0.05) is 18.8 Å². The fourth-order valence-corrected chi connectivity index (χ4v) is 1.31. The molecule has 0 amide bonds. The van der Waals surface area contributed by atoms with Gasteiger partial charge in [-0.15, -0.1) is 0 Å². The fourth-order valence-electron chi connectivity index (χ4n) is 1.31. The smallest absolute Gasteiger partial charge is 0.165 e. The second kappa shape index (κ2) is 6.43. The first-order valence-electron chi connectivity index (χ1n) is 5.66. The minimum absolute atomic E-state index is 0.292. The summed E-state index contributed by atoms with van der Waals surface area (Å²) in [6.45, 7) is 6.06. The van der Waals surface area contributed by atoms with Crippen LogP contribution in [0.2, 0.25) is 0 Å². The highest BCUT2D eigenvalue weighted by molar-refractivity contribution is 5.35. The minimum Gasteiger partial charge on any atom is -0.368 e. The number of aromatic nitrogens is 1. The van der Waals surface area contributed by atoms with Crippen LogP contribution in [-0.4, -0.2) is 36.1 Å². The molecule has 90 valence electrons. The van der Waals surface area contributed by atoms with Crippen LogP contribution >= 0.6 is 0 Å². The molecule has 0 saturated carbocycles. The minimum atomic E-state index is -0.292. The molecule has 0 spiro atoms. The molecular formula is C12H20FN3. The molecule has 0 aliphatic carbocycles. The van der Waals surface area contributed by atoms with Crippen molar-refractivity contribution in [2.45, 2.75) is 26.3 Å². The topological polar surface area (TPSA) is 28.2 Å². The normalized spacial score (nSPS) is 11.1. The second-order valence-electron chi connectivity index (χ2n) is 4.19. The summed E-state index contributed by atoms with van der Waals surface area (Å²) < 4.78 is 13.2. The van der Waals surface area contributed by atoms with E-state index in [1.165, 1.54) is 6.07 Å². The molecule has 0 aliphatic heterocycles. The fraction of sp³-hybridized carbons (Fsp3) is 0.583. The lowest BCUT2D eigenvalue weighted by atomic mass is 10.3. The summed E-state index contributed by atoms with van der Waals surface area (Å²) in [5.74, 6) is 0.0504. The van der Waals surface area contributed by atoms with E-state index < -0.39 is 0 Å². The third-order valence-electron chi connectivity index (χ3n) is 2.62. The first-order valence-corrected chi connectivity index (χ1v) is 5.66. The van der Waals surface area contributed by atoms with Gasteiger partial charge in [-0.05, 0) is 46.0 Å². The average Bonchev–Trinajstić information content (AvgIpc) is 2.26. The molecule has 0 aliphatic rings. The maximum Gasteiger partial charge on any atom is 0.165 e. The van der Waals surface area contributed by atoms with Crippen LogP contribution in [0.5, 0.6) is 0 Å². The Morgan fingerprint density at radius 3 is 2.88 bits per heavy atom. The molecule has 4 heteroatoms. The van der Waals surface area contributed by atoms with E-state index in [-0.39, 0.29) is 5.82 Å². The van der Waals surface area contributed by atoms with Crippen molar-refractivity contribution in [3.63, 3.8) is 0 Å². The van der Waals surface area contributed by atoms with Crippen LogP contribution in [0.25, 0.3) is 0 Å². The standard InChI is InChI=1S/C12H20FN3/c1-10(2)16(3)9-5-8-15-12-11(13)6-4-7-14-12/h4,6-7,10H,5,8-9H2,1-3H3,(H,14,15). The van der Waals surface area contributed by atoms with Crippen molar-refractivity contribution in [3.05, 3.63) is 24.1 Å². The largest absolute Gasteiger partial charge is 0.368 e. The van der Waals surface area contributed by atoms with Gasteiger partial charge in [-0.1, -0.05) is 0 Å². The van der Waals surface area contributed by atoms with Crippen molar-refractivity contribution >= 4 is 5.82 Å². The maximum absolute atomic E-state index is 13.2. The zero-order chi connectivity index (χ0) is 12.0. The number of hydrogen-bond donors (Lipinski definition) is 1. The first kappa shape index (κ1) is 12.9. The molecule has 0 unspecified atom stereocenters.